The van der Waals surface area contributed by atoms with Crippen LogP contribution in [0.2, 0.25) is 0 Å². The van der Waals surface area contributed by atoms with Crippen molar-refractivity contribution in [3.63, 3.8) is 0 Å². The van der Waals surface area contributed by atoms with Gasteiger partial charge in [0.05, 0.1) is 18.9 Å². The number of nitrogens with zero attached hydrogens (tertiary/aromatic N) is 2. The standard InChI is InChI=1S/C26H24N2O3/c1-28-17-22(16-27-28)21-11-12-24(25(29)14-20-9-6-10-23(13-20)30-2)26(15-21)31-18-19-7-4-3-5-8-19/h3-13,15-17H,14,18H2,1-2H3. The fraction of sp³-hybridized carbons (Fsp3) is 0.154. The summed E-state index contributed by atoms with van der Waals surface area (Å²) in [4.78, 5) is 13.2. The Morgan fingerprint density at radius 3 is 2.48 bits per heavy atom. The molecule has 0 N–H and O–H groups in total. The Labute approximate surface area is 181 Å². The Balaban J connectivity index is 1.63. The molecule has 1 heterocycles. The van der Waals surface area contributed by atoms with E-state index in [0.29, 0.717) is 17.9 Å². The third-order valence-electron chi connectivity index (χ3n) is 5.06. The summed E-state index contributed by atoms with van der Waals surface area (Å²) in [6.07, 6.45) is 4.01. The zero-order chi connectivity index (χ0) is 21.6. The van der Waals surface area contributed by atoms with E-state index in [4.69, 9.17) is 9.47 Å². The minimum absolute atomic E-state index is 0.00551. The second kappa shape index (κ2) is 9.30. The molecule has 156 valence electrons. The molecule has 0 bridgehead atoms. The molecule has 0 aliphatic heterocycles. The lowest BCUT2D eigenvalue weighted by Crippen LogP contribution is -2.07. The van der Waals surface area contributed by atoms with Crippen molar-refractivity contribution in [3.8, 4) is 22.6 Å². The van der Waals surface area contributed by atoms with Crippen molar-refractivity contribution < 1.29 is 14.3 Å². The number of ether oxygens (including phenoxy) is 2. The van der Waals surface area contributed by atoms with E-state index in [-0.39, 0.29) is 12.2 Å². The molecule has 0 saturated carbocycles. The molecule has 0 aliphatic rings. The number of benzene rings is 3. The van der Waals surface area contributed by atoms with Crippen LogP contribution in [0.25, 0.3) is 11.1 Å². The minimum Gasteiger partial charge on any atom is -0.497 e. The fourth-order valence-electron chi connectivity index (χ4n) is 3.42. The zero-order valence-electron chi connectivity index (χ0n) is 17.6. The van der Waals surface area contributed by atoms with Crippen LogP contribution in [0.5, 0.6) is 11.5 Å². The highest BCUT2D eigenvalue weighted by molar-refractivity contribution is 6.00. The third kappa shape index (κ3) is 5.01. The number of carbonyl (C=O) groups is 1. The number of Topliss-reactive ketones (excluding diaryl/α,β-unsaturated/α-hetero) is 1. The summed E-state index contributed by atoms with van der Waals surface area (Å²) in [5.74, 6) is 1.30. The first-order valence-corrected chi connectivity index (χ1v) is 10.1. The van der Waals surface area contributed by atoms with Crippen LogP contribution in [0.1, 0.15) is 21.5 Å². The number of aromatic nitrogens is 2. The van der Waals surface area contributed by atoms with E-state index in [1.807, 2.05) is 86.0 Å². The Hall–Kier alpha value is -3.86. The lowest BCUT2D eigenvalue weighted by molar-refractivity contribution is 0.0988. The molecule has 0 saturated heterocycles. The van der Waals surface area contributed by atoms with Gasteiger partial charge in [0, 0.05) is 25.2 Å². The van der Waals surface area contributed by atoms with Gasteiger partial charge in [-0.25, -0.2) is 0 Å². The summed E-state index contributed by atoms with van der Waals surface area (Å²) >= 11 is 0. The van der Waals surface area contributed by atoms with Crippen LogP contribution in [-0.2, 0) is 20.1 Å². The topological polar surface area (TPSA) is 53.3 Å². The highest BCUT2D eigenvalue weighted by Gasteiger charge is 2.16. The van der Waals surface area contributed by atoms with Crippen LogP contribution in [0.4, 0.5) is 0 Å². The molecule has 0 spiro atoms. The van der Waals surface area contributed by atoms with Crippen LogP contribution in [0, 0.1) is 0 Å². The monoisotopic (exact) mass is 412 g/mol. The lowest BCUT2D eigenvalue weighted by atomic mass is 9.99. The molecule has 0 radical (unpaired) electrons. The smallest absolute Gasteiger partial charge is 0.170 e. The van der Waals surface area contributed by atoms with Gasteiger partial charge in [0.2, 0.25) is 0 Å². The van der Waals surface area contributed by atoms with Gasteiger partial charge in [-0.1, -0.05) is 48.5 Å². The van der Waals surface area contributed by atoms with Crippen LogP contribution in [-0.4, -0.2) is 22.7 Å². The Morgan fingerprint density at radius 1 is 0.935 bits per heavy atom. The SMILES string of the molecule is COc1cccc(CC(=O)c2ccc(-c3cnn(C)c3)cc2OCc2ccccc2)c1. The second-order valence-electron chi connectivity index (χ2n) is 7.34. The van der Waals surface area contributed by atoms with Gasteiger partial charge in [-0.05, 0) is 41.0 Å². The summed E-state index contributed by atoms with van der Waals surface area (Å²) < 4.78 is 13.2. The molecule has 3 aromatic carbocycles. The molecule has 0 unspecified atom stereocenters. The molecule has 4 aromatic rings. The van der Waals surface area contributed by atoms with E-state index in [9.17, 15) is 4.79 Å². The molecule has 0 aliphatic carbocycles. The average Bonchev–Trinajstić information content (AvgIpc) is 3.24. The molecular formula is C26H24N2O3. The molecule has 0 atom stereocenters. The van der Waals surface area contributed by atoms with Crippen molar-refractivity contribution in [2.24, 2.45) is 7.05 Å². The van der Waals surface area contributed by atoms with Gasteiger partial charge in [-0.2, -0.15) is 5.10 Å². The second-order valence-corrected chi connectivity index (χ2v) is 7.34. The number of methoxy groups -OCH3 is 1. The number of aryl methyl sites for hydroxylation is 1. The minimum atomic E-state index is -0.00551. The van der Waals surface area contributed by atoms with Crippen molar-refractivity contribution in [1.29, 1.82) is 0 Å². The molecule has 31 heavy (non-hydrogen) atoms. The number of hydrogen-bond acceptors (Lipinski definition) is 4. The van der Waals surface area contributed by atoms with Gasteiger partial charge in [0.1, 0.15) is 18.1 Å². The van der Waals surface area contributed by atoms with Crippen LogP contribution in [0.3, 0.4) is 0 Å². The van der Waals surface area contributed by atoms with Gasteiger partial charge in [0.15, 0.2) is 5.78 Å². The Kier molecular flexibility index (Phi) is 6.13. The van der Waals surface area contributed by atoms with Gasteiger partial charge < -0.3 is 9.47 Å². The van der Waals surface area contributed by atoms with E-state index in [0.717, 1.165) is 28.0 Å². The number of ketones is 1. The van der Waals surface area contributed by atoms with Gasteiger partial charge in [0.25, 0.3) is 0 Å². The van der Waals surface area contributed by atoms with E-state index in [1.165, 1.54) is 0 Å². The van der Waals surface area contributed by atoms with Crippen molar-refractivity contribution in [1.82, 2.24) is 9.78 Å². The van der Waals surface area contributed by atoms with Gasteiger partial charge in [-0.15, -0.1) is 0 Å². The highest BCUT2D eigenvalue weighted by atomic mass is 16.5. The molecular weight excluding hydrogens is 388 g/mol. The summed E-state index contributed by atoms with van der Waals surface area (Å²) in [6, 6.07) is 23.2. The maximum Gasteiger partial charge on any atom is 0.170 e. The zero-order valence-corrected chi connectivity index (χ0v) is 17.6. The van der Waals surface area contributed by atoms with E-state index < -0.39 is 0 Å². The molecule has 1 aromatic heterocycles. The maximum absolute atomic E-state index is 13.2. The number of hydrogen-bond donors (Lipinski definition) is 0. The predicted molar refractivity (Wildman–Crippen MR) is 120 cm³/mol. The average molecular weight is 412 g/mol. The third-order valence-corrected chi connectivity index (χ3v) is 5.06. The molecule has 5 heteroatoms. The van der Waals surface area contributed by atoms with Crippen molar-refractivity contribution >= 4 is 5.78 Å². The fourth-order valence-corrected chi connectivity index (χ4v) is 3.42. The van der Waals surface area contributed by atoms with Crippen molar-refractivity contribution in [2.45, 2.75) is 13.0 Å². The first-order chi connectivity index (χ1) is 15.1. The lowest BCUT2D eigenvalue weighted by Gasteiger charge is -2.13. The number of rotatable bonds is 8. The van der Waals surface area contributed by atoms with Gasteiger partial charge >= 0.3 is 0 Å². The molecule has 5 nitrogen and oxygen atoms in total. The van der Waals surface area contributed by atoms with E-state index in [2.05, 4.69) is 5.10 Å². The molecule has 0 amide bonds. The highest BCUT2D eigenvalue weighted by Crippen LogP contribution is 2.29. The summed E-state index contributed by atoms with van der Waals surface area (Å²) in [5.41, 5.74) is 4.43. The number of carbonyl (C=O) groups excluding carboxylic acids is 1. The quantitative estimate of drug-likeness (QED) is 0.378. The predicted octanol–water partition coefficient (Wildman–Crippen LogP) is 5.10. The molecule has 4 rings (SSSR count). The van der Waals surface area contributed by atoms with E-state index in [1.54, 1.807) is 18.0 Å². The first-order valence-electron chi connectivity index (χ1n) is 10.1. The maximum atomic E-state index is 13.2. The van der Waals surface area contributed by atoms with Crippen LogP contribution >= 0.6 is 0 Å². The van der Waals surface area contributed by atoms with Crippen LogP contribution in [0.15, 0.2) is 85.2 Å². The summed E-state index contributed by atoms with van der Waals surface area (Å²) in [6.45, 7) is 0.386. The van der Waals surface area contributed by atoms with Crippen molar-refractivity contribution in [2.75, 3.05) is 7.11 Å². The van der Waals surface area contributed by atoms with E-state index >= 15 is 0 Å². The first kappa shape index (κ1) is 20.4. The normalized spacial score (nSPS) is 10.6. The van der Waals surface area contributed by atoms with Gasteiger partial charge in [-0.3, -0.25) is 9.48 Å². The molecule has 0 fully saturated rings. The van der Waals surface area contributed by atoms with Crippen molar-refractivity contribution in [3.05, 3.63) is 102 Å². The Bertz CT molecular complexity index is 1180. The summed E-state index contributed by atoms with van der Waals surface area (Å²) in [5, 5.41) is 4.24. The Morgan fingerprint density at radius 2 is 1.74 bits per heavy atom. The van der Waals surface area contributed by atoms with Crippen LogP contribution < -0.4 is 9.47 Å². The largest absolute Gasteiger partial charge is 0.497 e. The summed E-state index contributed by atoms with van der Waals surface area (Å²) in [7, 11) is 3.50.